The van der Waals surface area contributed by atoms with Crippen LogP contribution in [0.25, 0.3) is 0 Å². The number of hydrogen-bond acceptors (Lipinski definition) is 3. The quantitative estimate of drug-likeness (QED) is 0.893. The van der Waals surface area contributed by atoms with Gasteiger partial charge in [0, 0.05) is 6.04 Å². The van der Waals surface area contributed by atoms with E-state index in [-0.39, 0.29) is 0 Å². The molecule has 0 saturated heterocycles. The molecule has 0 radical (unpaired) electrons. The van der Waals surface area contributed by atoms with Gasteiger partial charge in [-0.3, -0.25) is 0 Å². The van der Waals surface area contributed by atoms with E-state index in [9.17, 15) is 0 Å². The minimum Gasteiger partial charge on any atom is -0.493 e. The molecule has 0 heterocycles. The van der Waals surface area contributed by atoms with Crippen LogP contribution in [0.3, 0.4) is 0 Å². The van der Waals surface area contributed by atoms with E-state index in [1.54, 1.807) is 14.2 Å². The van der Waals surface area contributed by atoms with Crippen LogP contribution in [0, 0.1) is 12.3 Å². The highest BCUT2D eigenvalue weighted by atomic mass is 16.5. The van der Waals surface area contributed by atoms with Crippen LogP contribution in [-0.4, -0.2) is 27.3 Å². The molecule has 1 aliphatic carbocycles. The van der Waals surface area contributed by atoms with Crippen LogP contribution < -0.4 is 14.8 Å². The van der Waals surface area contributed by atoms with E-state index in [1.165, 1.54) is 24.0 Å². The van der Waals surface area contributed by atoms with Crippen molar-refractivity contribution in [1.29, 1.82) is 0 Å². The van der Waals surface area contributed by atoms with Crippen LogP contribution in [0.15, 0.2) is 12.1 Å². The van der Waals surface area contributed by atoms with Crippen molar-refractivity contribution in [2.75, 3.05) is 21.3 Å². The summed E-state index contributed by atoms with van der Waals surface area (Å²) in [5, 5.41) is 3.46. The SMILES string of the molecule is CCC1(C)C(NC)CC1c1cc(OC)c(OC)cc1C. The summed E-state index contributed by atoms with van der Waals surface area (Å²) in [6.07, 6.45) is 2.37. The molecule has 1 aromatic carbocycles. The second-order valence-corrected chi connectivity index (χ2v) is 6.05. The molecule has 3 heteroatoms. The molecule has 3 unspecified atom stereocenters. The summed E-state index contributed by atoms with van der Waals surface area (Å²) in [6.45, 7) is 6.84. The minimum absolute atomic E-state index is 0.319. The lowest BCUT2D eigenvalue weighted by Gasteiger charge is -2.55. The zero-order valence-corrected chi connectivity index (χ0v) is 13.5. The third kappa shape index (κ3) is 2.18. The normalized spacial score (nSPS) is 28.9. The molecule has 1 aromatic rings. The Morgan fingerprint density at radius 3 is 2.35 bits per heavy atom. The van der Waals surface area contributed by atoms with Gasteiger partial charge >= 0.3 is 0 Å². The first-order chi connectivity index (χ1) is 9.51. The van der Waals surface area contributed by atoms with E-state index in [0.717, 1.165) is 11.5 Å². The Morgan fingerprint density at radius 1 is 1.25 bits per heavy atom. The van der Waals surface area contributed by atoms with Crippen LogP contribution in [0.1, 0.15) is 43.7 Å². The van der Waals surface area contributed by atoms with Gasteiger partial charge in [0.05, 0.1) is 14.2 Å². The first-order valence-corrected chi connectivity index (χ1v) is 7.41. The van der Waals surface area contributed by atoms with E-state index in [1.807, 2.05) is 0 Å². The molecule has 1 saturated carbocycles. The van der Waals surface area contributed by atoms with Gasteiger partial charge in [0.2, 0.25) is 0 Å². The topological polar surface area (TPSA) is 30.5 Å². The van der Waals surface area contributed by atoms with Gasteiger partial charge in [0.25, 0.3) is 0 Å². The van der Waals surface area contributed by atoms with Crippen molar-refractivity contribution in [2.45, 2.75) is 45.6 Å². The zero-order valence-electron chi connectivity index (χ0n) is 13.5. The first kappa shape index (κ1) is 15.2. The number of ether oxygens (including phenoxy) is 2. The van der Waals surface area contributed by atoms with Gasteiger partial charge in [-0.15, -0.1) is 0 Å². The Bertz CT molecular complexity index is 486. The molecular weight excluding hydrogens is 250 g/mol. The van der Waals surface area contributed by atoms with Crippen molar-refractivity contribution in [3.8, 4) is 11.5 Å². The summed E-state index contributed by atoms with van der Waals surface area (Å²) in [7, 11) is 5.46. The number of methoxy groups -OCH3 is 2. The predicted octanol–water partition coefficient (Wildman–Crippen LogP) is 3.50. The zero-order chi connectivity index (χ0) is 14.9. The van der Waals surface area contributed by atoms with Crippen molar-refractivity contribution in [1.82, 2.24) is 5.32 Å². The molecule has 2 rings (SSSR count). The van der Waals surface area contributed by atoms with Crippen molar-refractivity contribution in [3.05, 3.63) is 23.3 Å². The fourth-order valence-corrected chi connectivity index (χ4v) is 3.65. The lowest BCUT2D eigenvalue weighted by atomic mass is 9.53. The summed E-state index contributed by atoms with van der Waals surface area (Å²) < 4.78 is 10.9. The van der Waals surface area contributed by atoms with Gasteiger partial charge in [0.1, 0.15) is 0 Å². The maximum absolute atomic E-state index is 5.46. The molecule has 0 spiro atoms. The smallest absolute Gasteiger partial charge is 0.161 e. The molecule has 0 bridgehead atoms. The number of nitrogens with one attached hydrogen (secondary N) is 1. The Kier molecular flexibility index (Phi) is 4.28. The van der Waals surface area contributed by atoms with E-state index in [4.69, 9.17) is 9.47 Å². The number of hydrogen-bond donors (Lipinski definition) is 1. The molecule has 0 aliphatic heterocycles. The average molecular weight is 277 g/mol. The minimum atomic E-state index is 0.319. The fourth-order valence-electron chi connectivity index (χ4n) is 3.65. The summed E-state index contributed by atoms with van der Waals surface area (Å²) in [5.41, 5.74) is 3.01. The molecular formula is C17H27NO2. The van der Waals surface area contributed by atoms with Gasteiger partial charge in [-0.05, 0) is 61.4 Å². The molecule has 3 atom stereocenters. The molecule has 20 heavy (non-hydrogen) atoms. The second kappa shape index (κ2) is 5.65. The third-order valence-electron chi connectivity index (χ3n) is 5.32. The first-order valence-electron chi connectivity index (χ1n) is 7.41. The average Bonchev–Trinajstić information content (AvgIpc) is 2.46. The van der Waals surface area contributed by atoms with Gasteiger partial charge in [-0.1, -0.05) is 13.8 Å². The van der Waals surface area contributed by atoms with Gasteiger partial charge in [-0.25, -0.2) is 0 Å². The number of aryl methyl sites for hydroxylation is 1. The van der Waals surface area contributed by atoms with Gasteiger partial charge in [0.15, 0.2) is 11.5 Å². The standard InChI is InChI=1S/C17H27NO2/c1-7-17(3)13(10-16(17)18-4)12-9-15(20-6)14(19-5)8-11(12)2/h8-9,13,16,18H,7,10H2,1-6H3. The summed E-state index contributed by atoms with van der Waals surface area (Å²) >= 11 is 0. The lowest BCUT2D eigenvalue weighted by molar-refractivity contribution is 0.0490. The van der Waals surface area contributed by atoms with Crippen LogP contribution in [0.4, 0.5) is 0 Å². The Hall–Kier alpha value is -1.22. The summed E-state index contributed by atoms with van der Waals surface area (Å²) in [4.78, 5) is 0. The lowest BCUT2D eigenvalue weighted by Crippen LogP contribution is -2.55. The largest absolute Gasteiger partial charge is 0.493 e. The van der Waals surface area contributed by atoms with Crippen LogP contribution in [0.2, 0.25) is 0 Å². The molecule has 0 aromatic heterocycles. The van der Waals surface area contributed by atoms with E-state index < -0.39 is 0 Å². The van der Waals surface area contributed by atoms with Gasteiger partial charge < -0.3 is 14.8 Å². The van der Waals surface area contributed by atoms with E-state index >= 15 is 0 Å². The molecule has 3 nitrogen and oxygen atoms in total. The molecule has 0 amide bonds. The number of benzene rings is 1. The molecule has 1 fully saturated rings. The van der Waals surface area contributed by atoms with E-state index in [0.29, 0.717) is 17.4 Å². The van der Waals surface area contributed by atoms with Crippen molar-refractivity contribution in [3.63, 3.8) is 0 Å². The van der Waals surface area contributed by atoms with Crippen molar-refractivity contribution in [2.24, 2.45) is 5.41 Å². The maximum Gasteiger partial charge on any atom is 0.161 e. The van der Waals surface area contributed by atoms with Gasteiger partial charge in [-0.2, -0.15) is 0 Å². The Morgan fingerprint density at radius 2 is 1.85 bits per heavy atom. The van der Waals surface area contributed by atoms with Crippen molar-refractivity contribution >= 4 is 0 Å². The van der Waals surface area contributed by atoms with Crippen molar-refractivity contribution < 1.29 is 9.47 Å². The van der Waals surface area contributed by atoms with Crippen LogP contribution in [0.5, 0.6) is 11.5 Å². The van der Waals surface area contributed by atoms with Crippen LogP contribution in [-0.2, 0) is 0 Å². The highest BCUT2D eigenvalue weighted by molar-refractivity contribution is 5.49. The monoisotopic (exact) mass is 277 g/mol. The summed E-state index contributed by atoms with van der Waals surface area (Å²) in [5.74, 6) is 2.24. The Balaban J connectivity index is 2.39. The van der Waals surface area contributed by atoms with Crippen LogP contribution >= 0.6 is 0 Å². The highest BCUT2D eigenvalue weighted by Gasteiger charge is 2.50. The molecule has 112 valence electrons. The highest BCUT2D eigenvalue weighted by Crippen LogP contribution is 2.56. The van der Waals surface area contributed by atoms with E-state index in [2.05, 4.69) is 45.3 Å². The molecule has 1 aliphatic rings. The number of rotatable bonds is 5. The molecule has 1 N–H and O–H groups in total. The fraction of sp³-hybridized carbons (Fsp3) is 0.647. The maximum atomic E-state index is 5.46. The second-order valence-electron chi connectivity index (χ2n) is 6.05. The Labute approximate surface area is 122 Å². The third-order valence-corrected chi connectivity index (χ3v) is 5.32. The predicted molar refractivity (Wildman–Crippen MR) is 82.9 cm³/mol. The summed E-state index contributed by atoms with van der Waals surface area (Å²) in [6, 6.07) is 4.86.